The number of amides is 2. The number of anilines is 1. The zero-order valence-corrected chi connectivity index (χ0v) is 15.1. The predicted molar refractivity (Wildman–Crippen MR) is 98.8 cm³/mol. The van der Waals surface area contributed by atoms with Crippen LogP contribution in [0.4, 0.5) is 10.1 Å². The summed E-state index contributed by atoms with van der Waals surface area (Å²) in [5.74, 6) is -2.19. The lowest BCUT2D eigenvalue weighted by Gasteiger charge is -2.19. The summed E-state index contributed by atoms with van der Waals surface area (Å²) in [6, 6.07) is 12.2. The standard InChI is InChI=1S/C20H21FN2O4/c1-20(2,19(26)27)14-6-8-16(9-7-14)23-18(25)12-22-17(24)11-13-4-3-5-15(21)10-13/h3-10H,11-12H2,1-2H3,(H,22,24)(H,23,25)(H,26,27). The molecule has 0 saturated heterocycles. The number of benzene rings is 2. The van der Waals surface area contributed by atoms with Crippen molar-refractivity contribution in [3.05, 3.63) is 65.5 Å². The van der Waals surface area contributed by atoms with E-state index >= 15 is 0 Å². The van der Waals surface area contributed by atoms with E-state index in [0.717, 1.165) is 0 Å². The number of carboxylic acids is 1. The number of carboxylic acid groups (broad SMARTS) is 1. The lowest BCUT2D eigenvalue weighted by Crippen LogP contribution is -2.33. The lowest BCUT2D eigenvalue weighted by molar-refractivity contribution is -0.142. The predicted octanol–water partition coefficient (Wildman–Crippen LogP) is 2.49. The summed E-state index contributed by atoms with van der Waals surface area (Å²) >= 11 is 0. The van der Waals surface area contributed by atoms with Crippen LogP contribution in [0.1, 0.15) is 25.0 Å². The van der Waals surface area contributed by atoms with Gasteiger partial charge in [0, 0.05) is 5.69 Å². The molecule has 0 aliphatic rings. The second-order valence-corrected chi connectivity index (χ2v) is 6.64. The van der Waals surface area contributed by atoms with Crippen molar-refractivity contribution in [2.75, 3.05) is 11.9 Å². The van der Waals surface area contributed by atoms with Crippen molar-refractivity contribution in [1.82, 2.24) is 5.32 Å². The summed E-state index contributed by atoms with van der Waals surface area (Å²) in [6.45, 7) is 2.96. The number of hydrogen-bond donors (Lipinski definition) is 3. The molecule has 0 fully saturated rings. The zero-order chi connectivity index (χ0) is 20.0. The fourth-order valence-corrected chi connectivity index (χ4v) is 2.37. The van der Waals surface area contributed by atoms with Crippen molar-refractivity contribution in [3.63, 3.8) is 0 Å². The van der Waals surface area contributed by atoms with Crippen molar-refractivity contribution < 1.29 is 23.9 Å². The molecule has 7 heteroatoms. The van der Waals surface area contributed by atoms with Gasteiger partial charge in [-0.2, -0.15) is 0 Å². The third kappa shape index (κ3) is 5.64. The lowest BCUT2D eigenvalue weighted by atomic mass is 9.85. The molecule has 3 N–H and O–H groups in total. The second-order valence-electron chi connectivity index (χ2n) is 6.64. The molecule has 2 aromatic carbocycles. The number of aliphatic carboxylic acids is 1. The van der Waals surface area contributed by atoms with Crippen LogP contribution in [0.5, 0.6) is 0 Å². The first kappa shape index (κ1) is 20.1. The van der Waals surface area contributed by atoms with E-state index in [-0.39, 0.29) is 13.0 Å². The molecular weight excluding hydrogens is 351 g/mol. The average Bonchev–Trinajstić information content (AvgIpc) is 2.60. The van der Waals surface area contributed by atoms with Gasteiger partial charge in [-0.25, -0.2) is 4.39 Å². The topological polar surface area (TPSA) is 95.5 Å². The highest BCUT2D eigenvalue weighted by atomic mass is 19.1. The van der Waals surface area contributed by atoms with Crippen LogP contribution in [0.15, 0.2) is 48.5 Å². The van der Waals surface area contributed by atoms with E-state index in [0.29, 0.717) is 16.8 Å². The smallest absolute Gasteiger partial charge is 0.313 e. The first-order valence-electron chi connectivity index (χ1n) is 8.33. The van der Waals surface area contributed by atoms with Gasteiger partial charge >= 0.3 is 5.97 Å². The molecule has 2 amide bonds. The number of hydrogen-bond acceptors (Lipinski definition) is 3. The van der Waals surface area contributed by atoms with Gasteiger partial charge in [0.25, 0.3) is 0 Å². The van der Waals surface area contributed by atoms with Crippen molar-refractivity contribution in [1.29, 1.82) is 0 Å². The van der Waals surface area contributed by atoms with Crippen LogP contribution >= 0.6 is 0 Å². The van der Waals surface area contributed by atoms with Crippen molar-refractivity contribution in [2.24, 2.45) is 0 Å². The number of nitrogens with one attached hydrogen (secondary N) is 2. The highest BCUT2D eigenvalue weighted by Crippen LogP contribution is 2.24. The first-order valence-corrected chi connectivity index (χ1v) is 8.33. The van der Waals surface area contributed by atoms with E-state index in [9.17, 15) is 23.9 Å². The van der Waals surface area contributed by atoms with Crippen LogP contribution in [0, 0.1) is 5.82 Å². The van der Waals surface area contributed by atoms with Gasteiger partial charge in [-0.1, -0.05) is 24.3 Å². The molecule has 0 unspecified atom stereocenters. The summed E-state index contributed by atoms with van der Waals surface area (Å²) < 4.78 is 13.1. The quantitative estimate of drug-likeness (QED) is 0.696. The second kappa shape index (κ2) is 8.44. The Morgan fingerprint density at radius 3 is 2.30 bits per heavy atom. The SMILES string of the molecule is CC(C)(C(=O)O)c1ccc(NC(=O)CNC(=O)Cc2cccc(F)c2)cc1. The number of halogens is 1. The maximum absolute atomic E-state index is 13.1. The summed E-state index contributed by atoms with van der Waals surface area (Å²) in [7, 11) is 0. The highest BCUT2D eigenvalue weighted by Gasteiger charge is 2.29. The van der Waals surface area contributed by atoms with Gasteiger partial charge in [0.15, 0.2) is 0 Å². The Hall–Kier alpha value is -3.22. The van der Waals surface area contributed by atoms with E-state index < -0.39 is 29.0 Å². The monoisotopic (exact) mass is 372 g/mol. The molecule has 0 bridgehead atoms. The maximum Gasteiger partial charge on any atom is 0.313 e. The van der Waals surface area contributed by atoms with Gasteiger partial charge in [0.05, 0.1) is 18.4 Å². The largest absolute Gasteiger partial charge is 0.481 e. The molecule has 0 aliphatic carbocycles. The molecule has 0 heterocycles. The molecule has 0 aromatic heterocycles. The molecule has 27 heavy (non-hydrogen) atoms. The molecular formula is C20H21FN2O4. The highest BCUT2D eigenvalue weighted by molar-refractivity contribution is 5.94. The van der Waals surface area contributed by atoms with Gasteiger partial charge in [-0.15, -0.1) is 0 Å². The average molecular weight is 372 g/mol. The van der Waals surface area contributed by atoms with Gasteiger partial charge in [0.2, 0.25) is 11.8 Å². The molecule has 6 nitrogen and oxygen atoms in total. The van der Waals surface area contributed by atoms with Crippen LogP contribution in [0.3, 0.4) is 0 Å². The van der Waals surface area contributed by atoms with Crippen molar-refractivity contribution >= 4 is 23.5 Å². The van der Waals surface area contributed by atoms with Crippen molar-refractivity contribution in [3.8, 4) is 0 Å². The molecule has 0 saturated carbocycles. The van der Waals surface area contributed by atoms with E-state index in [1.807, 2.05) is 0 Å². The Balaban J connectivity index is 1.85. The Morgan fingerprint density at radius 1 is 1.04 bits per heavy atom. The number of carbonyl (C=O) groups excluding carboxylic acids is 2. The molecule has 0 atom stereocenters. The fourth-order valence-electron chi connectivity index (χ4n) is 2.37. The normalized spacial score (nSPS) is 10.9. The van der Waals surface area contributed by atoms with Gasteiger partial charge in [-0.05, 0) is 49.2 Å². The Morgan fingerprint density at radius 2 is 1.70 bits per heavy atom. The zero-order valence-electron chi connectivity index (χ0n) is 15.1. The third-order valence-electron chi connectivity index (χ3n) is 4.12. The molecule has 2 aromatic rings. The minimum Gasteiger partial charge on any atom is -0.481 e. The third-order valence-corrected chi connectivity index (χ3v) is 4.12. The van der Waals surface area contributed by atoms with Crippen LogP contribution in [-0.4, -0.2) is 29.4 Å². The summed E-state index contributed by atoms with van der Waals surface area (Å²) in [5.41, 5.74) is 0.582. The first-order chi connectivity index (χ1) is 12.7. The summed E-state index contributed by atoms with van der Waals surface area (Å²) in [4.78, 5) is 35.0. The van der Waals surface area contributed by atoms with Crippen LogP contribution in [-0.2, 0) is 26.2 Å². The summed E-state index contributed by atoms with van der Waals surface area (Å²) in [6.07, 6.45) is -0.0238. The number of rotatable bonds is 7. The fraction of sp³-hybridized carbons (Fsp3) is 0.250. The molecule has 142 valence electrons. The van der Waals surface area contributed by atoms with Crippen LogP contribution in [0.2, 0.25) is 0 Å². The van der Waals surface area contributed by atoms with Gasteiger partial charge in [-0.3, -0.25) is 14.4 Å². The molecule has 0 radical (unpaired) electrons. The Labute approximate surface area is 156 Å². The minimum absolute atomic E-state index is 0.0238. The number of carbonyl (C=O) groups is 3. The van der Waals surface area contributed by atoms with Gasteiger partial charge < -0.3 is 15.7 Å². The van der Waals surface area contributed by atoms with Crippen molar-refractivity contribution in [2.45, 2.75) is 25.7 Å². The Bertz CT molecular complexity index is 847. The maximum atomic E-state index is 13.1. The van der Waals surface area contributed by atoms with Gasteiger partial charge in [0.1, 0.15) is 5.82 Å². The minimum atomic E-state index is -1.03. The van der Waals surface area contributed by atoms with E-state index in [1.54, 1.807) is 44.2 Å². The molecule has 0 aliphatic heterocycles. The summed E-state index contributed by atoms with van der Waals surface area (Å²) in [5, 5.41) is 14.3. The van der Waals surface area contributed by atoms with E-state index in [1.165, 1.54) is 18.2 Å². The van der Waals surface area contributed by atoms with E-state index in [4.69, 9.17) is 0 Å². The molecule has 2 rings (SSSR count). The van der Waals surface area contributed by atoms with Crippen LogP contribution < -0.4 is 10.6 Å². The van der Waals surface area contributed by atoms with Crippen LogP contribution in [0.25, 0.3) is 0 Å². The Kier molecular flexibility index (Phi) is 6.28. The van der Waals surface area contributed by atoms with E-state index in [2.05, 4.69) is 10.6 Å². The molecule has 0 spiro atoms.